The first-order valence-corrected chi connectivity index (χ1v) is 9.75. The quantitative estimate of drug-likeness (QED) is 0.543. The molecule has 29 heavy (non-hydrogen) atoms. The lowest BCUT2D eigenvalue weighted by Crippen LogP contribution is -2.34. The molecule has 1 aromatic carbocycles. The molecule has 156 valence electrons. The van der Waals surface area contributed by atoms with E-state index in [4.69, 9.17) is 24.1 Å². The Morgan fingerprint density at radius 1 is 1.17 bits per heavy atom. The topological polar surface area (TPSA) is 115 Å². The van der Waals surface area contributed by atoms with Crippen molar-refractivity contribution in [3.05, 3.63) is 23.8 Å². The van der Waals surface area contributed by atoms with Gasteiger partial charge in [-0.15, -0.1) is 0 Å². The van der Waals surface area contributed by atoms with Crippen LogP contribution in [0.3, 0.4) is 0 Å². The van der Waals surface area contributed by atoms with Gasteiger partial charge in [0.1, 0.15) is 18.3 Å². The van der Waals surface area contributed by atoms with Gasteiger partial charge in [-0.2, -0.15) is 5.26 Å². The van der Waals surface area contributed by atoms with Crippen LogP contribution >= 0.6 is 0 Å². The highest BCUT2D eigenvalue weighted by molar-refractivity contribution is 5.57. The lowest BCUT2D eigenvalue weighted by Gasteiger charge is -2.35. The summed E-state index contributed by atoms with van der Waals surface area (Å²) >= 11 is 0. The Labute approximate surface area is 169 Å². The standard InChI is InChI=1S/C21H25NO7/c1-26-18-5-2-14(10-19(18)28-17-4-3-16(11-17)27-13-23)21(12-22)8-6-15(7-9-21)29-20(24)25/h2,5,10,13,15-17H,3-4,6-9,11H2,1H3,(H,24,25)/t15?,16-,17+,21?/m0/s1. The Morgan fingerprint density at radius 2 is 1.90 bits per heavy atom. The molecule has 3 rings (SSSR count). The minimum Gasteiger partial charge on any atom is -0.493 e. The van der Waals surface area contributed by atoms with Crippen molar-refractivity contribution < 1.29 is 33.6 Å². The maximum Gasteiger partial charge on any atom is 0.506 e. The highest BCUT2D eigenvalue weighted by Crippen LogP contribution is 2.43. The maximum atomic E-state index is 10.8. The van der Waals surface area contributed by atoms with Gasteiger partial charge in [0.15, 0.2) is 11.5 Å². The summed E-state index contributed by atoms with van der Waals surface area (Å²) in [4.78, 5) is 21.3. The smallest absolute Gasteiger partial charge is 0.493 e. The molecule has 2 fully saturated rings. The molecule has 0 spiro atoms. The molecule has 0 bridgehead atoms. The normalized spacial score (nSPS) is 28.8. The maximum absolute atomic E-state index is 10.8. The summed E-state index contributed by atoms with van der Waals surface area (Å²) in [6.07, 6.45) is 2.24. The number of nitrogens with zero attached hydrogens (tertiary/aromatic N) is 1. The third-order valence-electron chi connectivity index (χ3n) is 5.86. The molecule has 8 nitrogen and oxygen atoms in total. The van der Waals surface area contributed by atoms with Gasteiger partial charge in [-0.3, -0.25) is 4.79 Å². The second-order valence-corrected chi connectivity index (χ2v) is 7.55. The third-order valence-corrected chi connectivity index (χ3v) is 5.86. The van der Waals surface area contributed by atoms with Gasteiger partial charge in [0.05, 0.1) is 18.6 Å². The van der Waals surface area contributed by atoms with E-state index < -0.39 is 11.6 Å². The van der Waals surface area contributed by atoms with Crippen molar-refractivity contribution in [2.24, 2.45) is 0 Å². The molecule has 0 amide bonds. The van der Waals surface area contributed by atoms with E-state index in [2.05, 4.69) is 6.07 Å². The van der Waals surface area contributed by atoms with E-state index >= 15 is 0 Å². The zero-order valence-corrected chi connectivity index (χ0v) is 16.3. The van der Waals surface area contributed by atoms with Crippen LogP contribution < -0.4 is 9.47 Å². The van der Waals surface area contributed by atoms with E-state index in [9.17, 15) is 14.9 Å². The average Bonchev–Trinajstić information content (AvgIpc) is 3.15. The minimum atomic E-state index is -1.28. The third kappa shape index (κ3) is 4.73. The van der Waals surface area contributed by atoms with E-state index in [1.54, 1.807) is 13.2 Å². The van der Waals surface area contributed by atoms with Gasteiger partial charge >= 0.3 is 6.16 Å². The Bertz CT molecular complexity index is 780. The van der Waals surface area contributed by atoms with Crippen molar-refractivity contribution in [3.8, 4) is 17.6 Å². The first kappa shape index (κ1) is 20.8. The molecule has 0 heterocycles. The van der Waals surface area contributed by atoms with Crippen LogP contribution in [0.2, 0.25) is 0 Å². The summed E-state index contributed by atoms with van der Waals surface area (Å²) < 4.78 is 21.5. The SMILES string of the molecule is COc1ccc(C2(C#N)CCC(OC(=O)O)CC2)cc1O[C@@H]1CC[C@H](OC=O)C1. The number of hydrogen-bond acceptors (Lipinski definition) is 7. The van der Waals surface area contributed by atoms with Crippen molar-refractivity contribution in [2.45, 2.75) is 68.7 Å². The van der Waals surface area contributed by atoms with E-state index in [-0.39, 0.29) is 18.3 Å². The first-order valence-electron chi connectivity index (χ1n) is 9.75. The number of nitriles is 1. The van der Waals surface area contributed by atoms with Gasteiger partial charge in [0.2, 0.25) is 0 Å². The number of rotatable bonds is 7. The van der Waals surface area contributed by atoms with Crippen LogP contribution in [-0.4, -0.2) is 43.2 Å². The molecule has 0 aromatic heterocycles. The van der Waals surface area contributed by atoms with Crippen molar-refractivity contribution in [1.29, 1.82) is 5.26 Å². The first-order chi connectivity index (χ1) is 14.0. The van der Waals surface area contributed by atoms with E-state index in [1.165, 1.54) is 0 Å². The lowest BCUT2D eigenvalue weighted by atomic mass is 9.69. The fraction of sp³-hybridized carbons (Fsp3) is 0.571. The summed E-state index contributed by atoms with van der Waals surface area (Å²) in [6, 6.07) is 7.92. The second kappa shape index (κ2) is 9.03. The highest BCUT2D eigenvalue weighted by Gasteiger charge is 2.39. The van der Waals surface area contributed by atoms with Gasteiger partial charge in [-0.1, -0.05) is 6.07 Å². The monoisotopic (exact) mass is 403 g/mol. The molecule has 2 aliphatic rings. The number of carbonyl (C=O) groups excluding carboxylic acids is 1. The van der Waals surface area contributed by atoms with Crippen molar-refractivity contribution in [1.82, 2.24) is 0 Å². The van der Waals surface area contributed by atoms with Gasteiger partial charge in [-0.05, 0) is 56.2 Å². The molecule has 1 aromatic rings. The molecule has 0 radical (unpaired) electrons. The van der Waals surface area contributed by atoms with Gasteiger partial charge in [0, 0.05) is 6.42 Å². The van der Waals surface area contributed by atoms with Crippen LogP contribution in [0.1, 0.15) is 50.5 Å². The van der Waals surface area contributed by atoms with Crippen molar-refractivity contribution in [3.63, 3.8) is 0 Å². The predicted molar refractivity (Wildman–Crippen MR) is 101 cm³/mol. The summed E-state index contributed by atoms with van der Waals surface area (Å²) in [5.74, 6) is 1.13. The Kier molecular flexibility index (Phi) is 6.47. The summed E-state index contributed by atoms with van der Waals surface area (Å²) in [7, 11) is 1.56. The number of benzene rings is 1. The zero-order valence-electron chi connectivity index (χ0n) is 16.3. The molecule has 0 unspecified atom stereocenters. The number of methoxy groups -OCH3 is 1. The van der Waals surface area contributed by atoms with Crippen molar-refractivity contribution >= 4 is 12.6 Å². The van der Waals surface area contributed by atoms with Gasteiger partial charge in [-0.25, -0.2) is 4.79 Å². The van der Waals surface area contributed by atoms with E-state index in [0.717, 1.165) is 18.4 Å². The van der Waals surface area contributed by atoms with Crippen LogP contribution in [0.5, 0.6) is 11.5 Å². The molecule has 0 aliphatic heterocycles. The number of carbonyl (C=O) groups is 2. The molecule has 8 heteroatoms. The van der Waals surface area contributed by atoms with Crippen LogP contribution in [0.4, 0.5) is 4.79 Å². The summed E-state index contributed by atoms with van der Waals surface area (Å²) in [6.45, 7) is 0.468. The average molecular weight is 403 g/mol. The van der Waals surface area contributed by atoms with Crippen molar-refractivity contribution in [2.75, 3.05) is 7.11 Å². The predicted octanol–water partition coefficient (Wildman–Crippen LogP) is 3.57. The fourth-order valence-corrected chi connectivity index (χ4v) is 4.27. The molecule has 0 saturated heterocycles. The summed E-state index contributed by atoms with van der Waals surface area (Å²) in [5.41, 5.74) is 0.102. The molecule has 2 saturated carbocycles. The molecular formula is C21H25NO7. The second-order valence-electron chi connectivity index (χ2n) is 7.55. The molecular weight excluding hydrogens is 378 g/mol. The van der Waals surface area contributed by atoms with Crippen LogP contribution in [0.25, 0.3) is 0 Å². The highest BCUT2D eigenvalue weighted by atomic mass is 16.7. The number of carboxylic acid groups (broad SMARTS) is 1. The Hall–Kier alpha value is -2.95. The van der Waals surface area contributed by atoms with Gasteiger partial charge < -0.3 is 24.1 Å². The number of ether oxygens (including phenoxy) is 4. The lowest BCUT2D eigenvalue weighted by molar-refractivity contribution is -0.133. The van der Waals surface area contributed by atoms with Crippen LogP contribution in [0, 0.1) is 11.3 Å². The molecule has 2 aliphatic carbocycles. The fourth-order valence-electron chi connectivity index (χ4n) is 4.27. The van der Waals surface area contributed by atoms with Crippen LogP contribution in [0.15, 0.2) is 18.2 Å². The minimum absolute atomic E-state index is 0.0955. The Balaban J connectivity index is 1.76. The van der Waals surface area contributed by atoms with E-state index in [1.807, 2.05) is 12.1 Å². The largest absolute Gasteiger partial charge is 0.506 e. The van der Waals surface area contributed by atoms with Gasteiger partial charge in [0.25, 0.3) is 6.47 Å². The number of hydrogen-bond donors (Lipinski definition) is 1. The molecule has 1 N–H and O–H groups in total. The molecule has 2 atom stereocenters. The van der Waals surface area contributed by atoms with Crippen LogP contribution in [-0.2, 0) is 19.7 Å². The summed E-state index contributed by atoms with van der Waals surface area (Å²) in [5, 5.41) is 18.7. The zero-order chi connectivity index (χ0) is 20.9. The Morgan fingerprint density at radius 3 is 2.52 bits per heavy atom. The van der Waals surface area contributed by atoms with E-state index in [0.29, 0.717) is 50.1 Å².